The molecule has 1 atom stereocenters. The minimum absolute atomic E-state index is 0.00514. The lowest BCUT2D eigenvalue weighted by Crippen LogP contribution is -2.40. The minimum Gasteiger partial charge on any atom is -0.454 e. The Morgan fingerprint density at radius 2 is 2.00 bits per heavy atom. The van der Waals surface area contributed by atoms with Crippen LogP contribution in [0.4, 0.5) is 0 Å². The summed E-state index contributed by atoms with van der Waals surface area (Å²) in [4.78, 5) is 29.6. The second-order valence-electron chi connectivity index (χ2n) is 8.68. The normalized spacial score (nSPS) is 18.4. The molecule has 172 valence electrons. The molecule has 2 aliphatic heterocycles. The van der Waals surface area contributed by atoms with E-state index in [1.54, 1.807) is 28.0 Å². The molecule has 0 aliphatic carbocycles. The highest BCUT2D eigenvalue weighted by Crippen LogP contribution is 2.33. The average Bonchev–Trinajstić information content (AvgIpc) is 3.31. The number of fused-ring (bicyclic) bond motifs is 1. The molecule has 1 unspecified atom stereocenters. The second kappa shape index (κ2) is 9.20. The number of benzene rings is 1. The minimum atomic E-state index is -0.341. The lowest BCUT2D eigenvalue weighted by atomic mass is 10.1. The molecule has 2 aromatic rings. The molecule has 0 N–H and O–H groups in total. The van der Waals surface area contributed by atoms with Crippen molar-refractivity contribution in [3.05, 3.63) is 40.8 Å². The molecule has 9 heteroatoms. The Bertz CT molecular complexity index is 982. The number of hydrogen-bond acceptors (Lipinski definition) is 7. The van der Waals surface area contributed by atoms with Gasteiger partial charge in [-0.25, -0.2) is 0 Å². The molecule has 1 aromatic carbocycles. The molecule has 1 fully saturated rings. The van der Waals surface area contributed by atoms with Crippen LogP contribution >= 0.6 is 0 Å². The fraction of sp³-hybridized carbons (Fsp3) is 0.522. The molecule has 3 heterocycles. The Balaban J connectivity index is 1.53. The zero-order valence-corrected chi connectivity index (χ0v) is 18.9. The quantitative estimate of drug-likeness (QED) is 0.677. The molecule has 1 saturated heterocycles. The van der Waals surface area contributed by atoms with E-state index in [9.17, 15) is 9.59 Å². The summed E-state index contributed by atoms with van der Waals surface area (Å²) in [5.74, 6) is 1.82. The van der Waals surface area contributed by atoms with Crippen LogP contribution in [0.25, 0.3) is 0 Å². The van der Waals surface area contributed by atoms with Crippen molar-refractivity contribution in [3.63, 3.8) is 0 Å². The maximum absolute atomic E-state index is 13.3. The molecule has 0 bridgehead atoms. The van der Waals surface area contributed by atoms with Gasteiger partial charge in [0.25, 0.3) is 5.91 Å². The van der Waals surface area contributed by atoms with Crippen molar-refractivity contribution in [3.8, 4) is 11.5 Å². The first-order chi connectivity index (χ1) is 15.3. The van der Waals surface area contributed by atoms with E-state index in [0.717, 1.165) is 11.3 Å². The molecule has 0 saturated carbocycles. The van der Waals surface area contributed by atoms with Gasteiger partial charge in [-0.05, 0) is 38.0 Å². The van der Waals surface area contributed by atoms with Crippen molar-refractivity contribution in [2.24, 2.45) is 5.92 Å². The van der Waals surface area contributed by atoms with Gasteiger partial charge in [0.1, 0.15) is 12.3 Å². The molecule has 2 aliphatic rings. The molecule has 0 spiro atoms. The molecule has 32 heavy (non-hydrogen) atoms. The fourth-order valence-electron chi connectivity index (χ4n) is 3.98. The van der Waals surface area contributed by atoms with Crippen molar-refractivity contribution >= 4 is 11.8 Å². The van der Waals surface area contributed by atoms with Crippen molar-refractivity contribution in [2.45, 2.75) is 40.4 Å². The summed E-state index contributed by atoms with van der Waals surface area (Å²) >= 11 is 0. The third-order valence-electron chi connectivity index (χ3n) is 5.66. The standard InChI is InChI=1S/C23H29N3O6/c1-14(2)8-25-9-18(29-12-19-15(3)24-32-16(19)4)10-26(11-22(25)27)23(28)17-5-6-20-21(7-17)31-13-30-20/h5-7,14,18H,8-13H2,1-4H3. The summed E-state index contributed by atoms with van der Waals surface area (Å²) in [6, 6.07) is 5.06. The number of aryl methyl sites for hydroxylation is 2. The van der Waals surface area contributed by atoms with Crippen molar-refractivity contribution in [1.82, 2.24) is 15.0 Å². The number of rotatable bonds is 6. The number of hydrogen-bond donors (Lipinski definition) is 0. The first-order valence-electron chi connectivity index (χ1n) is 10.8. The average molecular weight is 444 g/mol. The molecule has 2 amide bonds. The number of nitrogens with zero attached hydrogens (tertiary/aromatic N) is 3. The Hall–Kier alpha value is -3.07. The van der Waals surface area contributed by atoms with Crippen LogP contribution in [-0.2, 0) is 16.1 Å². The largest absolute Gasteiger partial charge is 0.454 e. The van der Waals surface area contributed by atoms with Crippen LogP contribution in [0.5, 0.6) is 11.5 Å². The van der Waals surface area contributed by atoms with Gasteiger partial charge in [-0.2, -0.15) is 0 Å². The summed E-state index contributed by atoms with van der Waals surface area (Å²) in [6.45, 7) is 9.62. The number of ether oxygens (including phenoxy) is 3. The van der Waals surface area contributed by atoms with E-state index >= 15 is 0 Å². The number of aromatic nitrogens is 1. The van der Waals surface area contributed by atoms with E-state index in [1.807, 2.05) is 13.8 Å². The van der Waals surface area contributed by atoms with Gasteiger partial charge in [0.05, 0.1) is 18.4 Å². The highest BCUT2D eigenvalue weighted by molar-refractivity contribution is 5.97. The molecule has 0 radical (unpaired) electrons. The van der Waals surface area contributed by atoms with E-state index in [-0.39, 0.29) is 31.3 Å². The monoisotopic (exact) mass is 443 g/mol. The lowest BCUT2D eigenvalue weighted by Gasteiger charge is -2.26. The van der Waals surface area contributed by atoms with Gasteiger partial charge in [0.15, 0.2) is 11.5 Å². The van der Waals surface area contributed by atoms with Crippen LogP contribution in [0.2, 0.25) is 0 Å². The summed E-state index contributed by atoms with van der Waals surface area (Å²) in [7, 11) is 0. The highest BCUT2D eigenvalue weighted by Gasteiger charge is 2.32. The van der Waals surface area contributed by atoms with Gasteiger partial charge in [-0.1, -0.05) is 19.0 Å². The molecule has 1 aromatic heterocycles. The number of carbonyl (C=O) groups excluding carboxylic acids is 2. The third kappa shape index (κ3) is 4.72. The van der Waals surface area contributed by atoms with E-state index in [1.165, 1.54) is 0 Å². The Morgan fingerprint density at radius 3 is 2.72 bits per heavy atom. The van der Waals surface area contributed by atoms with Crippen LogP contribution in [0.1, 0.15) is 41.2 Å². The predicted octanol–water partition coefficient (Wildman–Crippen LogP) is 2.55. The summed E-state index contributed by atoms with van der Waals surface area (Å²) in [6.07, 6.45) is -0.341. The van der Waals surface area contributed by atoms with Gasteiger partial charge in [0, 0.05) is 30.8 Å². The van der Waals surface area contributed by atoms with E-state index in [0.29, 0.717) is 55.0 Å². The summed E-state index contributed by atoms with van der Waals surface area (Å²) < 4.78 is 22.1. The van der Waals surface area contributed by atoms with Gasteiger partial charge in [-0.15, -0.1) is 0 Å². The van der Waals surface area contributed by atoms with Crippen molar-refractivity contribution in [1.29, 1.82) is 0 Å². The first-order valence-corrected chi connectivity index (χ1v) is 10.8. The topological polar surface area (TPSA) is 94.3 Å². The smallest absolute Gasteiger partial charge is 0.254 e. The second-order valence-corrected chi connectivity index (χ2v) is 8.68. The van der Waals surface area contributed by atoms with Crippen molar-refractivity contribution < 1.29 is 28.3 Å². The van der Waals surface area contributed by atoms with E-state index in [4.69, 9.17) is 18.7 Å². The third-order valence-corrected chi connectivity index (χ3v) is 5.66. The van der Waals surface area contributed by atoms with Crippen LogP contribution in [0.15, 0.2) is 22.7 Å². The van der Waals surface area contributed by atoms with Crippen LogP contribution < -0.4 is 9.47 Å². The number of carbonyl (C=O) groups is 2. The van der Waals surface area contributed by atoms with Crippen LogP contribution in [0, 0.1) is 19.8 Å². The van der Waals surface area contributed by atoms with Crippen LogP contribution in [0.3, 0.4) is 0 Å². The Morgan fingerprint density at radius 1 is 1.22 bits per heavy atom. The van der Waals surface area contributed by atoms with Gasteiger partial charge in [0.2, 0.25) is 12.7 Å². The van der Waals surface area contributed by atoms with E-state index in [2.05, 4.69) is 19.0 Å². The summed E-state index contributed by atoms with van der Waals surface area (Å²) in [5, 5.41) is 3.97. The maximum Gasteiger partial charge on any atom is 0.254 e. The van der Waals surface area contributed by atoms with Gasteiger partial charge < -0.3 is 28.5 Å². The van der Waals surface area contributed by atoms with E-state index < -0.39 is 0 Å². The Kier molecular flexibility index (Phi) is 6.36. The molecule has 4 rings (SSSR count). The zero-order chi connectivity index (χ0) is 22.8. The zero-order valence-electron chi connectivity index (χ0n) is 18.9. The predicted molar refractivity (Wildman–Crippen MR) is 114 cm³/mol. The first kappa shape index (κ1) is 22.1. The summed E-state index contributed by atoms with van der Waals surface area (Å²) in [5.41, 5.74) is 2.12. The lowest BCUT2D eigenvalue weighted by molar-refractivity contribution is -0.132. The van der Waals surface area contributed by atoms with Gasteiger partial charge >= 0.3 is 0 Å². The van der Waals surface area contributed by atoms with Crippen molar-refractivity contribution in [2.75, 3.05) is 33.0 Å². The highest BCUT2D eigenvalue weighted by atomic mass is 16.7. The fourth-order valence-corrected chi connectivity index (χ4v) is 3.98. The SMILES string of the molecule is Cc1noc(C)c1COC1CN(CC(C)C)C(=O)CN(C(=O)c2ccc3c(c2)OCO3)C1. The molecular formula is C23H29N3O6. The molecular weight excluding hydrogens is 414 g/mol. The molecule has 9 nitrogen and oxygen atoms in total. The van der Waals surface area contributed by atoms with Crippen LogP contribution in [-0.4, -0.2) is 65.8 Å². The number of amides is 2. The van der Waals surface area contributed by atoms with Gasteiger partial charge in [-0.3, -0.25) is 9.59 Å². The maximum atomic E-state index is 13.3. The Labute approximate surface area is 187 Å².